The van der Waals surface area contributed by atoms with E-state index in [1.807, 2.05) is 0 Å². The van der Waals surface area contributed by atoms with E-state index in [0.717, 1.165) is 6.42 Å². The van der Waals surface area contributed by atoms with Gasteiger partial charge in [-0.1, -0.05) is 158 Å². The van der Waals surface area contributed by atoms with Crippen molar-refractivity contribution in [2.24, 2.45) is 0 Å². The van der Waals surface area contributed by atoms with Gasteiger partial charge in [0.05, 0.1) is 0 Å². The zero-order valence-corrected chi connectivity index (χ0v) is 25.5. The smallest absolute Gasteiger partial charge is 0.00622 e. The highest BCUT2D eigenvalue weighted by molar-refractivity contribution is 6.08. The molecule has 1 atom stereocenters. The van der Waals surface area contributed by atoms with Gasteiger partial charge in [-0.3, -0.25) is 0 Å². The molecule has 8 aromatic carbocycles. The molecule has 0 amide bonds. The predicted molar refractivity (Wildman–Crippen MR) is 198 cm³/mol. The summed E-state index contributed by atoms with van der Waals surface area (Å²) in [7, 11) is 0. The Morgan fingerprint density at radius 1 is 0.391 bits per heavy atom. The first kappa shape index (κ1) is 26.7. The Balaban J connectivity index is 1.05. The lowest BCUT2D eigenvalue weighted by atomic mass is 9.84. The van der Waals surface area contributed by atoms with Crippen molar-refractivity contribution < 1.29 is 0 Å². The summed E-state index contributed by atoms with van der Waals surface area (Å²) in [5.74, 6) is 0.350. The van der Waals surface area contributed by atoms with E-state index < -0.39 is 0 Å². The molecular weight excluding hydrogens is 553 g/mol. The van der Waals surface area contributed by atoms with Crippen LogP contribution in [0.2, 0.25) is 0 Å². The third-order valence-electron chi connectivity index (χ3n) is 9.79. The minimum absolute atomic E-state index is 0.350. The van der Waals surface area contributed by atoms with Gasteiger partial charge < -0.3 is 0 Å². The van der Waals surface area contributed by atoms with Crippen molar-refractivity contribution in [1.29, 1.82) is 0 Å². The second kappa shape index (κ2) is 11.0. The van der Waals surface area contributed by atoms with Gasteiger partial charge in [0.1, 0.15) is 0 Å². The highest BCUT2D eigenvalue weighted by Crippen LogP contribution is 2.39. The van der Waals surface area contributed by atoms with Crippen molar-refractivity contribution in [2.75, 3.05) is 0 Å². The first-order valence-electron chi connectivity index (χ1n) is 16.2. The molecule has 0 heterocycles. The molecule has 8 aromatic rings. The molecule has 9 rings (SSSR count). The fourth-order valence-corrected chi connectivity index (χ4v) is 7.39. The minimum Gasteiger partial charge on any atom is -0.0761 e. The molecule has 0 heteroatoms. The number of fused-ring (bicyclic) bond motifs is 5. The van der Waals surface area contributed by atoms with Crippen LogP contribution in [0.15, 0.2) is 176 Å². The van der Waals surface area contributed by atoms with Gasteiger partial charge >= 0.3 is 0 Å². The van der Waals surface area contributed by atoms with Crippen LogP contribution in [0.3, 0.4) is 0 Å². The molecule has 0 aliphatic heterocycles. The van der Waals surface area contributed by atoms with E-state index >= 15 is 0 Å². The van der Waals surface area contributed by atoms with Crippen molar-refractivity contribution in [3.63, 3.8) is 0 Å². The van der Waals surface area contributed by atoms with Gasteiger partial charge in [-0.05, 0) is 107 Å². The second-order valence-corrected chi connectivity index (χ2v) is 12.5. The van der Waals surface area contributed by atoms with Crippen molar-refractivity contribution in [3.05, 3.63) is 187 Å². The van der Waals surface area contributed by atoms with Gasteiger partial charge in [0.15, 0.2) is 0 Å². The normalized spacial score (nSPS) is 14.7. The Morgan fingerprint density at radius 2 is 1.04 bits per heavy atom. The van der Waals surface area contributed by atoms with Gasteiger partial charge in [-0.2, -0.15) is 0 Å². The molecule has 1 aliphatic rings. The van der Waals surface area contributed by atoms with Gasteiger partial charge in [0.2, 0.25) is 0 Å². The molecule has 0 N–H and O–H groups in total. The zero-order chi connectivity index (χ0) is 30.5. The molecule has 0 saturated carbocycles. The van der Waals surface area contributed by atoms with Crippen LogP contribution in [0.1, 0.15) is 23.5 Å². The van der Waals surface area contributed by atoms with Crippen LogP contribution < -0.4 is 0 Å². The van der Waals surface area contributed by atoms with Crippen LogP contribution in [-0.2, 0) is 0 Å². The third-order valence-corrected chi connectivity index (χ3v) is 9.79. The molecule has 0 nitrogen and oxygen atoms in total. The molecule has 1 aliphatic carbocycles. The van der Waals surface area contributed by atoms with Crippen LogP contribution >= 0.6 is 0 Å². The standard InChI is InChI=1S/C46H32/c1-2-10-35-28-37(22-18-31(35)8-1)32-16-19-34(20-17-32)42-26-27-44(46-15-6-5-14-45(42)46)39-12-7-11-36(29-39)38-24-25-43-40(30-38)23-21-33-9-3-4-13-41(33)43/h1-19,21-30,34H,20H2. The molecule has 0 saturated heterocycles. The Bertz CT molecular complexity index is 2510. The Labute approximate surface area is 269 Å². The maximum Gasteiger partial charge on any atom is 0.00622 e. The summed E-state index contributed by atoms with van der Waals surface area (Å²) in [6, 6.07) is 58.0. The molecular formula is C46H32. The predicted octanol–water partition coefficient (Wildman–Crippen LogP) is 12.8. The van der Waals surface area contributed by atoms with Gasteiger partial charge in [-0.25, -0.2) is 0 Å². The number of allylic oxidation sites excluding steroid dienone is 4. The third kappa shape index (κ3) is 4.62. The average molecular weight is 585 g/mol. The largest absolute Gasteiger partial charge is 0.0761 e. The lowest BCUT2D eigenvalue weighted by Gasteiger charge is -2.20. The summed E-state index contributed by atoms with van der Waals surface area (Å²) in [6.45, 7) is 0. The topological polar surface area (TPSA) is 0 Å². The first-order valence-corrected chi connectivity index (χ1v) is 16.2. The van der Waals surface area contributed by atoms with E-state index in [9.17, 15) is 0 Å². The van der Waals surface area contributed by atoms with Crippen LogP contribution in [0.4, 0.5) is 0 Å². The Morgan fingerprint density at radius 3 is 1.91 bits per heavy atom. The van der Waals surface area contributed by atoms with Crippen molar-refractivity contribution in [1.82, 2.24) is 0 Å². The van der Waals surface area contributed by atoms with Gasteiger partial charge in [0.25, 0.3) is 0 Å². The Hall–Kier alpha value is -5.72. The maximum absolute atomic E-state index is 2.41. The number of hydrogen-bond donors (Lipinski definition) is 0. The molecule has 0 fully saturated rings. The molecule has 216 valence electrons. The van der Waals surface area contributed by atoms with E-state index in [-0.39, 0.29) is 0 Å². The van der Waals surface area contributed by atoms with Crippen molar-refractivity contribution >= 4 is 48.7 Å². The summed E-state index contributed by atoms with van der Waals surface area (Å²) in [5.41, 5.74) is 8.99. The summed E-state index contributed by atoms with van der Waals surface area (Å²) in [4.78, 5) is 0. The molecule has 0 radical (unpaired) electrons. The first-order chi connectivity index (χ1) is 22.8. The van der Waals surface area contributed by atoms with Gasteiger partial charge in [0, 0.05) is 5.92 Å². The average Bonchev–Trinajstić information content (AvgIpc) is 3.14. The molecule has 0 spiro atoms. The lowest BCUT2D eigenvalue weighted by Crippen LogP contribution is -2.00. The summed E-state index contributed by atoms with van der Waals surface area (Å²) in [6.07, 6.45) is 8.12. The fourth-order valence-electron chi connectivity index (χ4n) is 7.39. The lowest BCUT2D eigenvalue weighted by molar-refractivity contribution is 0.865. The van der Waals surface area contributed by atoms with Gasteiger partial charge in [-0.15, -0.1) is 0 Å². The zero-order valence-electron chi connectivity index (χ0n) is 25.5. The van der Waals surface area contributed by atoms with Crippen LogP contribution in [0.25, 0.3) is 70.9 Å². The van der Waals surface area contributed by atoms with E-state index in [1.165, 1.54) is 82.0 Å². The molecule has 1 unspecified atom stereocenters. The monoisotopic (exact) mass is 584 g/mol. The summed E-state index contributed by atoms with van der Waals surface area (Å²) in [5, 5.41) is 10.4. The van der Waals surface area contributed by atoms with Crippen molar-refractivity contribution in [2.45, 2.75) is 12.3 Å². The molecule has 0 bridgehead atoms. The van der Waals surface area contributed by atoms with Crippen LogP contribution in [-0.4, -0.2) is 0 Å². The van der Waals surface area contributed by atoms with E-state index in [2.05, 4.69) is 176 Å². The van der Waals surface area contributed by atoms with Crippen LogP contribution in [0.5, 0.6) is 0 Å². The van der Waals surface area contributed by atoms with E-state index in [0.29, 0.717) is 5.92 Å². The number of hydrogen-bond acceptors (Lipinski definition) is 0. The summed E-state index contributed by atoms with van der Waals surface area (Å²) < 4.78 is 0. The number of rotatable bonds is 4. The van der Waals surface area contributed by atoms with E-state index in [4.69, 9.17) is 0 Å². The quantitative estimate of drug-likeness (QED) is 0.181. The van der Waals surface area contributed by atoms with E-state index in [1.54, 1.807) is 0 Å². The highest BCUT2D eigenvalue weighted by atomic mass is 14.2. The summed E-state index contributed by atoms with van der Waals surface area (Å²) >= 11 is 0. The highest BCUT2D eigenvalue weighted by Gasteiger charge is 2.17. The van der Waals surface area contributed by atoms with Crippen molar-refractivity contribution in [3.8, 4) is 22.3 Å². The molecule has 0 aromatic heterocycles. The Kier molecular flexibility index (Phi) is 6.39. The second-order valence-electron chi connectivity index (χ2n) is 12.5. The fraction of sp³-hybridized carbons (Fsp3) is 0.0435. The SMILES string of the molecule is C1=CC(c2ccc(-c3cccc(-c4ccc5c(ccc6ccccc65)c4)c3)c3ccccc23)CC=C1c1ccc2ccccc2c1. The van der Waals surface area contributed by atoms with Crippen LogP contribution in [0, 0.1) is 0 Å². The minimum atomic E-state index is 0.350. The maximum atomic E-state index is 2.41. The molecule has 46 heavy (non-hydrogen) atoms. The number of benzene rings is 8.